The van der Waals surface area contributed by atoms with Crippen LogP contribution in [0.15, 0.2) is 11.3 Å². The van der Waals surface area contributed by atoms with Crippen molar-refractivity contribution in [1.82, 2.24) is 9.62 Å². The molecule has 0 aromatic rings. The van der Waals surface area contributed by atoms with Crippen molar-refractivity contribution in [3.63, 3.8) is 0 Å². The molecule has 1 atom stereocenters. The summed E-state index contributed by atoms with van der Waals surface area (Å²) in [6, 6.07) is -0.505. The van der Waals surface area contributed by atoms with Crippen molar-refractivity contribution in [3.8, 4) is 0 Å². The molecular formula is C7H10N2O2S. The number of nitrogens with zero attached hydrogens (tertiary/aromatic N) is 1. The Hall–Kier alpha value is -0.970. The van der Waals surface area contributed by atoms with Crippen LogP contribution < -0.4 is 4.72 Å². The lowest BCUT2D eigenvalue weighted by Gasteiger charge is -2.15. The lowest BCUT2D eigenvalue weighted by molar-refractivity contribution is -0.128. The normalized spacial score (nSPS) is 23.4. The summed E-state index contributed by atoms with van der Waals surface area (Å²) in [6.07, 6.45) is 0.715. The van der Waals surface area contributed by atoms with E-state index in [4.69, 9.17) is 0 Å². The van der Waals surface area contributed by atoms with Crippen molar-refractivity contribution in [2.24, 2.45) is 0 Å². The van der Waals surface area contributed by atoms with Gasteiger partial charge in [0, 0.05) is 12.6 Å². The van der Waals surface area contributed by atoms with Crippen LogP contribution in [0.25, 0.3) is 0 Å². The molecule has 1 rings (SSSR count). The van der Waals surface area contributed by atoms with Crippen LogP contribution in [0.1, 0.15) is 6.92 Å². The number of likely N-dealkylation sites (N-methyl/N-ethyl adjacent to an activating group) is 1. The molecule has 4 nitrogen and oxygen atoms in total. The second-order valence-electron chi connectivity index (χ2n) is 2.65. The van der Waals surface area contributed by atoms with E-state index >= 15 is 0 Å². The molecule has 0 aromatic heterocycles. The zero-order valence-electron chi connectivity index (χ0n) is 6.87. The number of hydrogen-bond donors (Lipinski definition) is 2. The van der Waals surface area contributed by atoms with Gasteiger partial charge in [0.1, 0.15) is 12.3 Å². The minimum Gasteiger partial charge on any atom is -0.333 e. The van der Waals surface area contributed by atoms with E-state index in [1.807, 2.05) is 0 Å². The van der Waals surface area contributed by atoms with E-state index in [-0.39, 0.29) is 5.91 Å². The largest absolute Gasteiger partial charge is 0.333 e. The number of nitrogens with one attached hydrogen (secondary N) is 1. The zero-order valence-corrected chi connectivity index (χ0v) is 7.76. The Labute approximate surface area is 76.2 Å². The molecule has 66 valence electrons. The summed E-state index contributed by atoms with van der Waals surface area (Å²) in [5, 5.41) is 0. The van der Waals surface area contributed by atoms with E-state index in [1.54, 1.807) is 14.0 Å². The van der Waals surface area contributed by atoms with E-state index in [2.05, 4.69) is 17.5 Å². The molecule has 1 aliphatic heterocycles. The SMILES string of the molecule is CC1=C(NS)C(C=O)N(C)C1=O. The molecular weight excluding hydrogens is 176 g/mol. The first-order valence-corrected chi connectivity index (χ1v) is 3.91. The van der Waals surface area contributed by atoms with E-state index in [1.165, 1.54) is 4.90 Å². The van der Waals surface area contributed by atoms with Gasteiger partial charge < -0.3 is 14.4 Å². The number of hydrogen-bond acceptors (Lipinski definition) is 4. The van der Waals surface area contributed by atoms with E-state index < -0.39 is 6.04 Å². The van der Waals surface area contributed by atoms with E-state index in [9.17, 15) is 9.59 Å². The number of rotatable bonds is 2. The first-order chi connectivity index (χ1) is 5.63. The molecule has 5 heteroatoms. The molecule has 0 fully saturated rings. The summed E-state index contributed by atoms with van der Waals surface area (Å²) in [7, 11) is 1.59. The highest BCUT2D eigenvalue weighted by Gasteiger charge is 2.33. The summed E-state index contributed by atoms with van der Waals surface area (Å²) in [5.41, 5.74) is 1.12. The topological polar surface area (TPSA) is 49.4 Å². The highest BCUT2D eigenvalue weighted by Crippen LogP contribution is 2.20. The zero-order chi connectivity index (χ0) is 9.30. The third-order valence-electron chi connectivity index (χ3n) is 2.01. The van der Waals surface area contributed by atoms with E-state index in [0.29, 0.717) is 17.6 Å². The Morgan fingerprint density at radius 1 is 1.67 bits per heavy atom. The smallest absolute Gasteiger partial charge is 0.252 e. The van der Waals surface area contributed by atoms with Gasteiger partial charge in [-0.2, -0.15) is 0 Å². The van der Waals surface area contributed by atoms with Crippen LogP contribution in [0, 0.1) is 0 Å². The summed E-state index contributed by atoms with van der Waals surface area (Å²) < 4.78 is 2.56. The van der Waals surface area contributed by atoms with Crippen LogP contribution in [-0.4, -0.2) is 30.2 Å². The molecule has 1 heterocycles. The predicted molar refractivity (Wildman–Crippen MR) is 47.4 cm³/mol. The molecule has 0 saturated heterocycles. The lowest BCUT2D eigenvalue weighted by Crippen LogP contribution is -2.34. The Bertz CT molecular complexity index is 262. The molecule has 0 radical (unpaired) electrons. The minimum atomic E-state index is -0.505. The second kappa shape index (κ2) is 3.18. The summed E-state index contributed by atoms with van der Waals surface area (Å²) in [6.45, 7) is 1.67. The second-order valence-corrected chi connectivity index (χ2v) is 2.87. The molecule has 0 aliphatic carbocycles. The van der Waals surface area contributed by atoms with Crippen LogP contribution in [0.4, 0.5) is 0 Å². The fraction of sp³-hybridized carbons (Fsp3) is 0.429. The Morgan fingerprint density at radius 3 is 2.58 bits per heavy atom. The number of amides is 1. The van der Waals surface area contributed by atoms with Crippen molar-refractivity contribution >= 4 is 25.0 Å². The van der Waals surface area contributed by atoms with Crippen LogP contribution in [0.5, 0.6) is 0 Å². The third kappa shape index (κ3) is 1.10. The summed E-state index contributed by atoms with van der Waals surface area (Å²) in [4.78, 5) is 23.2. The number of carbonyl (C=O) groups is 2. The number of carbonyl (C=O) groups excluding carboxylic acids is 2. The van der Waals surface area contributed by atoms with Gasteiger partial charge in [0.2, 0.25) is 0 Å². The maximum absolute atomic E-state index is 11.3. The third-order valence-corrected chi connectivity index (χ3v) is 2.25. The highest BCUT2D eigenvalue weighted by atomic mass is 32.1. The van der Waals surface area contributed by atoms with Gasteiger partial charge in [0.15, 0.2) is 0 Å². The highest BCUT2D eigenvalue weighted by molar-refractivity contribution is 7.78. The van der Waals surface area contributed by atoms with Gasteiger partial charge >= 0.3 is 0 Å². The maximum Gasteiger partial charge on any atom is 0.252 e. The summed E-state index contributed by atoms with van der Waals surface area (Å²) in [5.74, 6) is -0.136. The van der Waals surface area contributed by atoms with Crippen LogP contribution in [0.3, 0.4) is 0 Å². The fourth-order valence-electron chi connectivity index (χ4n) is 1.23. The summed E-state index contributed by atoms with van der Waals surface area (Å²) >= 11 is 3.82. The van der Waals surface area contributed by atoms with Crippen LogP contribution in [0.2, 0.25) is 0 Å². The van der Waals surface area contributed by atoms with E-state index in [0.717, 1.165) is 0 Å². The fourth-order valence-corrected chi connectivity index (χ4v) is 1.53. The molecule has 0 spiro atoms. The average Bonchev–Trinajstić information content (AvgIpc) is 2.29. The van der Waals surface area contributed by atoms with Gasteiger partial charge in [0.25, 0.3) is 5.91 Å². The number of aldehydes is 1. The minimum absolute atomic E-state index is 0.136. The van der Waals surface area contributed by atoms with Crippen molar-refractivity contribution in [2.75, 3.05) is 7.05 Å². The van der Waals surface area contributed by atoms with Crippen molar-refractivity contribution < 1.29 is 9.59 Å². The van der Waals surface area contributed by atoms with Crippen LogP contribution >= 0.6 is 12.8 Å². The quantitative estimate of drug-likeness (QED) is 0.461. The molecule has 12 heavy (non-hydrogen) atoms. The maximum atomic E-state index is 11.3. The molecule has 0 saturated carbocycles. The Balaban J connectivity index is 3.05. The number of thiol groups is 1. The van der Waals surface area contributed by atoms with Crippen molar-refractivity contribution in [1.29, 1.82) is 0 Å². The van der Waals surface area contributed by atoms with Crippen molar-refractivity contribution in [3.05, 3.63) is 11.3 Å². The lowest BCUT2D eigenvalue weighted by atomic mass is 10.2. The molecule has 1 N–H and O–H groups in total. The van der Waals surface area contributed by atoms with Gasteiger partial charge in [-0.1, -0.05) is 12.8 Å². The van der Waals surface area contributed by atoms with Gasteiger partial charge in [0.05, 0.1) is 5.70 Å². The van der Waals surface area contributed by atoms with Gasteiger partial charge in [-0.25, -0.2) is 0 Å². The molecule has 0 aromatic carbocycles. The molecule has 1 unspecified atom stereocenters. The average molecular weight is 186 g/mol. The Kier molecular flexibility index (Phi) is 2.42. The molecule has 1 aliphatic rings. The van der Waals surface area contributed by atoms with Gasteiger partial charge in [-0.3, -0.25) is 4.79 Å². The van der Waals surface area contributed by atoms with Crippen molar-refractivity contribution in [2.45, 2.75) is 13.0 Å². The first-order valence-electron chi connectivity index (χ1n) is 3.46. The van der Waals surface area contributed by atoms with Gasteiger partial charge in [-0.05, 0) is 6.92 Å². The monoisotopic (exact) mass is 186 g/mol. The predicted octanol–water partition coefficient (Wildman–Crippen LogP) is -0.266. The standard InChI is InChI=1S/C7H10N2O2S/c1-4-6(8-12)5(3-10)9(2)7(4)11/h3,5,8,12H,1-2H3. The Morgan fingerprint density at radius 2 is 2.25 bits per heavy atom. The molecule has 0 bridgehead atoms. The van der Waals surface area contributed by atoms with Crippen LogP contribution in [-0.2, 0) is 9.59 Å². The first kappa shape index (κ1) is 9.12. The van der Waals surface area contributed by atoms with Gasteiger partial charge in [-0.15, -0.1) is 0 Å². The molecule has 1 amide bonds.